The first-order valence-corrected chi connectivity index (χ1v) is 7.93. The Balaban J connectivity index is 2.05. The minimum Gasteiger partial charge on any atom is -0.392 e. The van der Waals surface area contributed by atoms with E-state index in [2.05, 4.69) is 48.2 Å². The van der Waals surface area contributed by atoms with Gasteiger partial charge in [0.2, 0.25) is 0 Å². The van der Waals surface area contributed by atoms with Crippen LogP contribution in [0.25, 0.3) is 0 Å². The molecule has 1 aliphatic heterocycles. The van der Waals surface area contributed by atoms with E-state index in [4.69, 9.17) is 0 Å². The first-order valence-electron chi connectivity index (χ1n) is 7.11. The van der Waals surface area contributed by atoms with Gasteiger partial charge in [0.05, 0.1) is 18.0 Å². The zero-order valence-corrected chi connectivity index (χ0v) is 12.5. The number of aliphatic hydroxyl groups is 1. The summed E-state index contributed by atoms with van der Waals surface area (Å²) in [7, 11) is 0. The highest BCUT2D eigenvalue weighted by Gasteiger charge is 2.22. The summed E-state index contributed by atoms with van der Waals surface area (Å²) in [6.07, 6.45) is 2.37. The maximum Gasteiger partial charge on any atom is 0.0682 e. The standard InChI is InChI=1S/C17H19NOS/c1-2-3-10-18-14-6-4-5-7-16(14)20-17-11-13(12-19)8-9-15(17)18/h4-9,11,19H,2-3,10,12H2,1H3. The summed E-state index contributed by atoms with van der Waals surface area (Å²) in [5, 5.41) is 9.32. The highest BCUT2D eigenvalue weighted by atomic mass is 32.2. The second kappa shape index (κ2) is 5.90. The molecule has 0 amide bonds. The van der Waals surface area contributed by atoms with Crippen molar-refractivity contribution in [1.29, 1.82) is 0 Å². The van der Waals surface area contributed by atoms with Gasteiger partial charge in [0, 0.05) is 16.3 Å². The zero-order chi connectivity index (χ0) is 13.9. The number of benzene rings is 2. The number of anilines is 2. The fourth-order valence-corrected chi connectivity index (χ4v) is 3.69. The Kier molecular flexibility index (Phi) is 3.99. The Labute approximate surface area is 124 Å². The summed E-state index contributed by atoms with van der Waals surface area (Å²) >= 11 is 1.80. The maximum atomic E-state index is 9.32. The minimum absolute atomic E-state index is 0.102. The highest BCUT2D eigenvalue weighted by Crippen LogP contribution is 2.48. The highest BCUT2D eigenvalue weighted by molar-refractivity contribution is 7.99. The van der Waals surface area contributed by atoms with E-state index in [1.54, 1.807) is 11.8 Å². The van der Waals surface area contributed by atoms with Crippen LogP contribution in [0.1, 0.15) is 25.3 Å². The summed E-state index contributed by atoms with van der Waals surface area (Å²) in [5.41, 5.74) is 3.54. The molecule has 3 heteroatoms. The molecule has 0 saturated carbocycles. The topological polar surface area (TPSA) is 23.5 Å². The molecular weight excluding hydrogens is 266 g/mol. The second-order valence-corrected chi connectivity index (χ2v) is 6.12. The molecule has 1 aliphatic rings. The molecule has 0 saturated heterocycles. The molecule has 1 heterocycles. The number of hydrogen-bond donors (Lipinski definition) is 1. The predicted octanol–water partition coefficient (Wildman–Crippen LogP) is 4.58. The molecule has 0 aromatic heterocycles. The number of para-hydroxylation sites is 1. The van der Waals surface area contributed by atoms with E-state index in [1.165, 1.54) is 34.0 Å². The molecule has 1 N–H and O–H groups in total. The van der Waals surface area contributed by atoms with Crippen LogP contribution in [0.4, 0.5) is 11.4 Å². The lowest BCUT2D eigenvalue weighted by Crippen LogP contribution is -2.21. The van der Waals surface area contributed by atoms with Crippen LogP contribution in [-0.2, 0) is 6.61 Å². The van der Waals surface area contributed by atoms with Crippen LogP contribution in [0.2, 0.25) is 0 Å². The number of nitrogens with zero attached hydrogens (tertiary/aromatic N) is 1. The summed E-state index contributed by atoms with van der Waals surface area (Å²) in [4.78, 5) is 4.95. The van der Waals surface area contributed by atoms with E-state index in [0.717, 1.165) is 12.1 Å². The molecule has 0 aliphatic carbocycles. The van der Waals surface area contributed by atoms with Crippen LogP contribution >= 0.6 is 11.8 Å². The van der Waals surface area contributed by atoms with E-state index in [-0.39, 0.29) is 6.61 Å². The summed E-state index contributed by atoms with van der Waals surface area (Å²) < 4.78 is 0. The average molecular weight is 285 g/mol. The monoisotopic (exact) mass is 285 g/mol. The van der Waals surface area contributed by atoms with Gasteiger partial charge in [-0.1, -0.05) is 43.3 Å². The fourth-order valence-electron chi connectivity index (χ4n) is 2.53. The molecule has 2 aromatic rings. The summed E-state index contributed by atoms with van der Waals surface area (Å²) in [6, 6.07) is 14.8. The number of aliphatic hydroxyl groups excluding tert-OH is 1. The van der Waals surface area contributed by atoms with Gasteiger partial charge in [0.1, 0.15) is 0 Å². The van der Waals surface area contributed by atoms with Gasteiger partial charge in [-0.3, -0.25) is 0 Å². The Morgan fingerprint density at radius 3 is 2.65 bits per heavy atom. The molecule has 2 aromatic carbocycles. The summed E-state index contributed by atoms with van der Waals surface area (Å²) in [6.45, 7) is 3.37. The maximum absolute atomic E-state index is 9.32. The Morgan fingerprint density at radius 2 is 1.85 bits per heavy atom. The number of hydrogen-bond acceptors (Lipinski definition) is 3. The lowest BCUT2D eigenvalue weighted by atomic mass is 10.1. The third kappa shape index (κ3) is 2.43. The Hall–Kier alpha value is -1.45. The van der Waals surface area contributed by atoms with Crippen LogP contribution in [-0.4, -0.2) is 11.7 Å². The van der Waals surface area contributed by atoms with E-state index >= 15 is 0 Å². The number of rotatable bonds is 4. The molecule has 0 radical (unpaired) electrons. The van der Waals surface area contributed by atoms with Gasteiger partial charge in [-0.25, -0.2) is 0 Å². The van der Waals surface area contributed by atoms with Gasteiger partial charge in [-0.15, -0.1) is 0 Å². The third-order valence-electron chi connectivity index (χ3n) is 3.61. The lowest BCUT2D eigenvalue weighted by Gasteiger charge is -2.33. The van der Waals surface area contributed by atoms with Gasteiger partial charge < -0.3 is 10.0 Å². The first kappa shape index (κ1) is 13.5. The van der Waals surface area contributed by atoms with Crippen molar-refractivity contribution in [2.24, 2.45) is 0 Å². The fraction of sp³-hybridized carbons (Fsp3) is 0.294. The molecule has 2 nitrogen and oxygen atoms in total. The first-order chi connectivity index (χ1) is 9.83. The average Bonchev–Trinajstić information content (AvgIpc) is 2.50. The Bertz CT molecular complexity index is 612. The predicted molar refractivity (Wildman–Crippen MR) is 84.8 cm³/mol. The van der Waals surface area contributed by atoms with Crippen molar-refractivity contribution in [3.05, 3.63) is 48.0 Å². The van der Waals surface area contributed by atoms with Gasteiger partial charge in [-0.2, -0.15) is 0 Å². The van der Waals surface area contributed by atoms with Gasteiger partial charge in [-0.05, 0) is 36.2 Å². The van der Waals surface area contributed by atoms with E-state index in [1.807, 2.05) is 6.07 Å². The van der Waals surface area contributed by atoms with Crippen molar-refractivity contribution in [3.8, 4) is 0 Å². The zero-order valence-electron chi connectivity index (χ0n) is 11.7. The quantitative estimate of drug-likeness (QED) is 0.889. The van der Waals surface area contributed by atoms with E-state index < -0.39 is 0 Å². The second-order valence-electron chi connectivity index (χ2n) is 5.04. The van der Waals surface area contributed by atoms with Crippen molar-refractivity contribution in [3.63, 3.8) is 0 Å². The van der Waals surface area contributed by atoms with Crippen molar-refractivity contribution < 1.29 is 5.11 Å². The molecule has 0 atom stereocenters. The third-order valence-corrected chi connectivity index (χ3v) is 4.72. The largest absolute Gasteiger partial charge is 0.392 e. The molecule has 0 fully saturated rings. The molecule has 3 rings (SSSR count). The Morgan fingerprint density at radius 1 is 1.05 bits per heavy atom. The minimum atomic E-state index is 0.102. The number of unbranched alkanes of at least 4 members (excludes halogenated alkanes) is 1. The molecular formula is C17H19NOS. The molecule has 0 spiro atoms. The smallest absolute Gasteiger partial charge is 0.0682 e. The SMILES string of the molecule is CCCCN1c2ccccc2Sc2cc(CO)ccc21. The molecule has 0 bridgehead atoms. The van der Waals surface area contributed by atoms with E-state index in [0.29, 0.717) is 0 Å². The van der Waals surface area contributed by atoms with Gasteiger partial charge in [0.25, 0.3) is 0 Å². The molecule has 20 heavy (non-hydrogen) atoms. The van der Waals surface area contributed by atoms with Crippen LogP contribution in [0, 0.1) is 0 Å². The summed E-state index contributed by atoms with van der Waals surface area (Å²) in [5.74, 6) is 0. The van der Waals surface area contributed by atoms with Crippen molar-refractivity contribution in [1.82, 2.24) is 0 Å². The van der Waals surface area contributed by atoms with Crippen molar-refractivity contribution >= 4 is 23.1 Å². The van der Waals surface area contributed by atoms with Gasteiger partial charge >= 0.3 is 0 Å². The van der Waals surface area contributed by atoms with Crippen LogP contribution < -0.4 is 4.90 Å². The van der Waals surface area contributed by atoms with Crippen LogP contribution in [0.3, 0.4) is 0 Å². The normalized spacial score (nSPS) is 13.0. The van der Waals surface area contributed by atoms with Crippen molar-refractivity contribution in [2.75, 3.05) is 11.4 Å². The lowest BCUT2D eigenvalue weighted by molar-refractivity contribution is 0.281. The molecule has 104 valence electrons. The van der Waals surface area contributed by atoms with E-state index in [9.17, 15) is 5.11 Å². The van der Waals surface area contributed by atoms with Crippen LogP contribution in [0.5, 0.6) is 0 Å². The molecule has 0 unspecified atom stereocenters. The van der Waals surface area contributed by atoms with Gasteiger partial charge in [0.15, 0.2) is 0 Å². The number of fused-ring (bicyclic) bond motifs is 2. The van der Waals surface area contributed by atoms with Crippen LogP contribution in [0.15, 0.2) is 52.3 Å². The van der Waals surface area contributed by atoms with Crippen molar-refractivity contribution in [2.45, 2.75) is 36.2 Å².